The number of rotatable bonds is 5. The molecule has 1 atom stereocenters. The molecule has 8 heteroatoms. The molecule has 1 amide bonds. The van der Waals surface area contributed by atoms with Crippen LogP contribution in [0, 0.1) is 5.92 Å². The zero-order valence-corrected chi connectivity index (χ0v) is 11.9. The van der Waals surface area contributed by atoms with E-state index < -0.39 is 12.8 Å². The smallest absolute Gasteiger partial charge is 0.422 e. The van der Waals surface area contributed by atoms with Crippen molar-refractivity contribution in [2.24, 2.45) is 5.92 Å². The van der Waals surface area contributed by atoms with Crippen molar-refractivity contribution in [3.05, 3.63) is 24.0 Å². The highest BCUT2D eigenvalue weighted by Crippen LogP contribution is 2.21. The highest BCUT2D eigenvalue weighted by Gasteiger charge is 2.29. The maximum atomic E-state index is 12.2. The second kappa shape index (κ2) is 7.44. The molecular weight excluding hydrogens is 301 g/mol. The third-order valence-corrected chi connectivity index (χ3v) is 3.25. The Balaban J connectivity index is 1.90. The van der Waals surface area contributed by atoms with Crippen LogP contribution in [0.3, 0.4) is 0 Å². The summed E-state index contributed by atoms with van der Waals surface area (Å²) in [6, 6.07) is 1.52. The van der Waals surface area contributed by atoms with Crippen molar-refractivity contribution in [3.8, 4) is 5.75 Å². The number of pyridine rings is 1. The van der Waals surface area contributed by atoms with E-state index in [0.29, 0.717) is 18.8 Å². The molecule has 1 aliphatic rings. The average Bonchev–Trinajstić information content (AvgIpc) is 2.51. The first-order chi connectivity index (χ1) is 10.5. The third kappa shape index (κ3) is 5.18. The van der Waals surface area contributed by atoms with Gasteiger partial charge in [0.25, 0.3) is 0 Å². The lowest BCUT2D eigenvalue weighted by Crippen LogP contribution is -2.35. The van der Waals surface area contributed by atoms with Crippen molar-refractivity contribution < 1.29 is 27.4 Å². The number of alkyl halides is 3. The number of amides is 1. The van der Waals surface area contributed by atoms with Crippen LogP contribution in [0.2, 0.25) is 0 Å². The van der Waals surface area contributed by atoms with Gasteiger partial charge in [0.05, 0.1) is 18.7 Å². The van der Waals surface area contributed by atoms with Gasteiger partial charge in [0.15, 0.2) is 6.61 Å². The van der Waals surface area contributed by atoms with Crippen LogP contribution in [-0.4, -0.2) is 36.9 Å². The van der Waals surface area contributed by atoms with Crippen molar-refractivity contribution in [3.63, 3.8) is 0 Å². The Morgan fingerprint density at radius 2 is 2.32 bits per heavy atom. The van der Waals surface area contributed by atoms with Crippen molar-refractivity contribution in [2.45, 2.75) is 25.6 Å². The standard InChI is InChI=1S/C14H17F3N2O3/c15-14(16,17)9-22-12-7-18-4-3-10(12)6-19-13(20)11-2-1-5-21-8-11/h3-4,7,11H,1-2,5-6,8-9H2,(H,19,20)/t11-/m1/s1. The summed E-state index contributed by atoms with van der Waals surface area (Å²) < 4.78 is 46.6. The van der Waals surface area contributed by atoms with Crippen LogP contribution in [0.5, 0.6) is 5.75 Å². The Bertz CT molecular complexity index is 502. The number of halogens is 3. The first-order valence-electron chi connectivity index (χ1n) is 6.93. The van der Waals surface area contributed by atoms with E-state index in [4.69, 9.17) is 9.47 Å². The molecule has 1 aromatic rings. The largest absolute Gasteiger partial charge is 0.482 e. The van der Waals surface area contributed by atoms with Crippen LogP contribution in [0.1, 0.15) is 18.4 Å². The van der Waals surface area contributed by atoms with Gasteiger partial charge in [0.1, 0.15) is 5.75 Å². The van der Waals surface area contributed by atoms with E-state index in [-0.39, 0.29) is 24.1 Å². The predicted molar refractivity (Wildman–Crippen MR) is 71.2 cm³/mol. The molecule has 0 aromatic carbocycles. The molecule has 1 fully saturated rings. The van der Waals surface area contributed by atoms with Gasteiger partial charge in [0, 0.05) is 24.9 Å². The summed E-state index contributed by atoms with van der Waals surface area (Å²) in [6.45, 7) is -0.273. The fourth-order valence-electron chi connectivity index (χ4n) is 2.12. The van der Waals surface area contributed by atoms with E-state index in [9.17, 15) is 18.0 Å². The Hall–Kier alpha value is -1.83. The molecule has 0 saturated carbocycles. The number of aromatic nitrogens is 1. The SMILES string of the molecule is O=C(NCc1ccncc1OCC(F)(F)F)[C@@H]1CCCOC1. The van der Waals surface area contributed by atoms with E-state index in [1.54, 1.807) is 0 Å². The fraction of sp³-hybridized carbons (Fsp3) is 0.571. The minimum atomic E-state index is -4.42. The van der Waals surface area contributed by atoms with Crippen LogP contribution in [0.25, 0.3) is 0 Å². The Kier molecular flexibility index (Phi) is 5.59. The number of carbonyl (C=O) groups is 1. The number of ether oxygens (including phenoxy) is 2. The molecule has 1 aliphatic heterocycles. The van der Waals surface area contributed by atoms with Gasteiger partial charge in [-0.2, -0.15) is 13.2 Å². The van der Waals surface area contributed by atoms with Crippen molar-refractivity contribution in [2.75, 3.05) is 19.8 Å². The van der Waals surface area contributed by atoms with Gasteiger partial charge in [0.2, 0.25) is 5.91 Å². The van der Waals surface area contributed by atoms with Gasteiger partial charge in [-0.3, -0.25) is 9.78 Å². The van der Waals surface area contributed by atoms with Crippen LogP contribution in [0.4, 0.5) is 13.2 Å². The number of hydrogen-bond donors (Lipinski definition) is 1. The topological polar surface area (TPSA) is 60.5 Å². The number of nitrogens with zero attached hydrogens (tertiary/aromatic N) is 1. The molecule has 0 spiro atoms. The number of hydrogen-bond acceptors (Lipinski definition) is 4. The second-order valence-electron chi connectivity index (χ2n) is 5.02. The van der Waals surface area contributed by atoms with E-state index in [1.165, 1.54) is 18.5 Å². The van der Waals surface area contributed by atoms with Gasteiger partial charge < -0.3 is 14.8 Å². The maximum absolute atomic E-state index is 12.2. The molecule has 1 saturated heterocycles. The highest BCUT2D eigenvalue weighted by molar-refractivity contribution is 5.78. The summed E-state index contributed by atoms with van der Waals surface area (Å²) in [5.41, 5.74) is 0.448. The van der Waals surface area contributed by atoms with Gasteiger partial charge >= 0.3 is 6.18 Å². The molecule has 0 unspecified atom stereocenters. The van der Waals surface area contributed by atoms with Crippen molar-refractivity contribution in [1.29, 1.82) is 0 Å². The van der Waals surface area contributed by atoms with Gasteiger partial charge in [-0.25, -0.2) is 0 Å². The molecule has 5 nitrogen and oxygen atoms in total. The zero-order valence-electron chi connectivity index (χ0n) is 11.9. The molecular formula is C14H17F3N2O3. The average molecular weight is 318 g/mol. The summed E-state index contributed by atoms with van der Waals surface area (Å²) in [7, 11) is 0. The quantitative estimate of drug-likeness (QED) is 0.903. The molecule has 2 rings (SSSR count). The van der Waals surface area contributed by atoms with Crippen LogP contribution in [-0.2, 0) is 16.1 Å². The number of nitrogens with one attached hydrogen (secondary N) is 1. The van der Waals surface area contributed by atoms with Crippen LogP contribution >= 0.6 is 0 Å². The lowest BCUT2D eigenvalue weighted by Gasteiger charge is -2.21. The second-order valence-corrected chi connectivity index (χ2v) is 5.02. The van der Waals surface area contributed by atoms with Crippen molar-refractivity contribution in [1.82, 2.24) is 10.3 Å². The number of carbonyl (C=O) groups excluding carboxylic acids is 1. The summed E-state index contributed by atoms with van der Waals surface area (Å²) in [6.07, 6.45) is -0.203. The first kappa shape index (κ1) is 16.5. The molecule has 122 valence electrons. The Morgan fingerprint density at radius 3 is 3.00 bits per heavy atom. The molecule has 2 heterocycles. The van der Waals surface area contributed by atoms with E-state index in [1.807, 2.05) is 0 Å². The highest BCUT2D eigenvalue weighted by atomic mass is 19.4. The maximum Gasteiger partial charge on any atom is 0.422 e. The Labute approximate surface area is 125 Å². The predicted octanol–water partition coefficient (Wildman–Crippen LogP) is 2.07. The molecule has 0 aliphatic carbocycles. The van der Waals surface area contributed by atoms with E-state index in [2.05, 4.69) is 10.3 Å². The van der Waals surface area contributed by atoms with Gasteiger partial charge in [-0.05, 0) is 18.9 Å². The Morgan fingerprint density at radius 1 is 1.50 bits per heavy atom. The minimum Gasteiger partial charge on any atom is -0.482 e. The zero-order chi connectivity index (χ0) is 16.0. The molecule has 0 bridgehead atoms. The summed E-state index contributed by atoms with van der Waals surface area (Å²) in [5.74, 6) is -0.367. The minimum absolute atomic E-state index is 0.0139. The molecule has 22 heavy (non-hydrogen) atoms. The molecule has 1 N–H and O–H groups in total. The van der Waals surface area contributed by atoms with Crippen LogP contribution in [0.15, 0.2) is 18.5 Å². The van der Waals surface area contributed by atoms with Crippen molar-refractivity contribution >= 4 is 5.91 Å². The first-order valence-corrected chi connectivity index (χ1v) is 6.93. The molecule has 0 radical (unpaired) electrons. The van der Waals surface area contributed by atoms with Gasteiger partial charge in [-0.1, -0.05) is 0 Å². The summed E-state index contributed by atoms with van der Waals surface area (Å²) >= 11 is 0. The molecule has 1 aromatic heterocycles. The monoisotopic (exact) mass is 318 g/mol. The normalized spacial score (nSPS) is 18.8. The summed E-state index contributed by atoms with van der Waals surface area (Å²) in [5, 5.41) is 2.70. The lowest BCUT2D eigenvalue weighted by molar-refractivity contribution is -0.153. The van der Waals surface area contributed by atoms with Gasteiger partial charge in [-0.15, -0.1) is 0 Å². The fourth-order valence-corrected chi connectivity index (χ4v) is 2.12. The lowest BCUT2D eigenvalue weighted by atomic mass is 10.0. The third-order valence-electron chi connectivity index (χ3n) is 3.25. The van der Waals surface area contributed by atoms with E-state index >= 15 is 0 Å². The van der Waals surface area contributed by atoms with E-state index in [0.717, 1.165) is 12.8 Å². The van der Waals surface area contributed by atoms with Crippen LogP contribution < -0.4 is 10.1 Å². The summed E-state index contributed by atoms with van der Waals surface area (Å²) in [4.78, 5) is 15.7.